The molecule has 1 fully saturated rings. The number of carboxylic acids is 2. The van der Waals surface area contributed by atoms with Crippen molar-refractivity contribution in [2.75, 3.05) is 19.7 Å². The second kappa shape index (κ2) is 10.4. The van der Waals surface area contributed by atoms with Crippen molar-refractivity contribution in [1.82, 2.24) is 15.5 Å². The number of rotatable bonds is 10. The van der Waals surface area contributed by atoms with Crippen LogP contribution in [0.3, 0.4) is 0 Å². The molecule has 7 N–H and O–H groups in total. The zero-order valence-electron chi connectivity index (χ0n) is 14.6. The number of nitrogens with zero attached hydrogens (tertiary/aromatic N) is 1. The molecule has 0 aromatic carbocycles. The maximum Gasteiger partial charge on any atom is 0.326 e. The van der Waals surface area contributed by atoms with E-state index in [0.717, 1.165) is 0 Å². The van der Waals surface area contributed by atoms with Crippen molar-refractivity contribution in [3.05, 3.63) is 0 Å². The maximum atomic E-state index is 12.4. The summed E-state index contributed by atoms with van der Waals surface area (Å²) in [5.41, 5.74) is 5.32. The Morgan fingerprint density at radius 1 is 1.19 bits per heavy atom. The van der Waals surface area contributed by atoms with Crippen molar-refractivity contribution in [3.8, 4) is 0 Å². The Labute approximate surface area is 154 Å². The summed E-state index contributed by atoms with van der Waals surface area (Å²) in [7, 11) is 0. The quantitative estimate of drug-likeness (QED) is 0.223. The lowest BCUT2D eigenvalue weighted by Gasteiger charge is -2.25. The van der Waals surface area contributed by atoms with Crippen LogP contribution in [0.25, 0.3) is 0 Å². The Morgan fingerprint density at radius 2 is 1.85 bits per heavy atom. The van der Waals surface area contributed by atoms with Gasteiger partial charge in [0, 0.05) is 13.0 Å². The maximum absolute atomic E-state index is 12.4. The molecule has 27 heavy (non-hydrogen) atoms. The van der Waals surface area contributed by atoms with Crippen LogP contribution in [-0.2, 0) is 24.0 Å². The van der Waals surface area contributed by atoms with E-state index in [1.54, 1.807) is 0 Å². The van der Waals surface area contributed by atoms with Gasteiger partial charge in [0.2, 0.25) is 17.7 Å². The second-order valence-corrected chi connectivity index (χ2v) is 6.08. The van der Waals surface area contributed by atoms with Gasteiger partial charge in [0.25, 0.3) is 0 Å². The Morgan fingerprint density at radius 3 is 2.41 bits per heavy atom. The fourth-order valence-corrected chi connectivity index (χ4v) is 2.61. The van der Waals surface area contributed by atoms with E-state index in [2.05, 4.69) is 10.6 Å². The number of carbonyl (C=O) groups is 5. The van der Waals surface area contributed by atoms with E-state index >= 15 is 0 Å². The van der Waals surface area contributed by atoms with Crippen molar-refractivity contribution in [2.24, 2.45) is 5.73 Å². The molecule has 12 nitrogen and oxygen atoms in total. The fraction of sp³-hybridized carbons (Fsp3) is 0.667. The van der Waals surface area contributed by atoms with Gasteiger partial charge in [-0.25, -0.2) is 4.79 Å². The number of aliphatic hydroxyl groups is 1. The summed E-state index contributed by atoms with van der Waals surface area (Å²) in [5.74, 6) is -4.53. The number of nitrogens with two attached hydrogens (primary N) is 1. The van der Waals surface area contributed by atoms with Gasteiger partial charge in [-0.1, -0.05) is 0 Å². The predicted octanol–water partition coefficient (Wildman–Crippen LogP) is -3.15. The molecule has 0 saturated carbocycles. The monoisotopic (exact) mass is 388 g/mol. The molecule has 0 bridgehead atoms. The molecule has 0 spiro atoms. The third-order valence-electron chi connectivity index (χ3n) is 4.08. The van der Waals surface area contributed by atoms with Crippen LogP contribution in [0.15, 0.2) is 0 Å². The molecule has 1 aliphatic rings. The first-order chi connectivity index (χ1) is 12.7. The van der Waals surface area contributed by atoms with E-state index < -0.39 is 67.4 Å². The van der Waals surface area contributed by atoms with Crippen LogP contribution >= 0.6 is 0 Å². The predicted molar refractivity (Wildman–Crippen MR) is 89.2 cm³/mol. The van der Waals surface area contributed by atoms with Crippen LogP contribution < -0.4 is 16.4 Å². The Bertz CT molecular complexity index is 596. The highest BCUT2D eigenvalue weighted by Gasteiger charge is 2.35. The third kappa shape index (κ3) is 6.83. The first-order valence-electron chi connectivity index (χ1n) is 8.36. The van der Waals surface area contributed by atoms with Gasteiger partial charge in [-0.15, -0.1) is 0 Å². The SMILES string of the molecule is NC(CO)C(=O)NCC(=O)N1CCCC1C(=O)NC(CCC(=O)O)C(=O)O. The highest BCUT2D eigenvalue weighted by molar-refractivity contribution is 5.93. The molecule has 1 rings (SSSR count). The van der Waals surface area contributed by atoms with Crippen molar-refractivity contribution >= 4 is 29.7 Å². The van der Waals surface area contributed by atoms with Gasteiger partial charge < -0.3 is 36.6 Å². The van der Waals surface area contributed by atoms with Gasteiger partial charge in [-0.3, -0.25) is 19.2 Å². The molecule has 0 aliphatic carbocycles. The minimum atomic E-state index is -1.38. The van der Waals surface area contributed by atoms with Crippen LogP contribution in [-0.4, -0.2) is 87.7 Å². The molecule has 1 heterocycles. The molecule has 1 saturated heterocycles. The summed E-state index contributed by atoms with van der Waals surface area (Å²) in [4.78, 5) is 59.1. The normalized spacial score (nSPS) is 18.4. The Balaban J connectivity index is 2.64. The van der Waals surface area contributed by atoms with Crippen LogP contribution in [0.4, 0.5) is 0 Å². The van der Waals surface area contributed by atoms with E-state index in [1.807, 2.05) is 0 Å². The van der Waals surface area contributed by atoms with Crippen molar-refractivity contribution < 1.29 is 39.3 Å². The minimum Gasteiger partial charge on any atom is -0.481 e. The van der Waals surface area contributed by atoms with Crippen LogP contribution in [0.2, 0.25) is 0 Å². The van der Waals surface area contributed by atoms with Gasteiger partial charge in [0.1, 0.15) is 18.1 Å². The number of aliphatic carboxylic acids is 2. The summed E-state index contributed by atoms with van der Waals surface area (Å²) >= 11 is 0. The topological polar surface area (TPSA) is 199 Å². The zero-order valence-corrected chi connectivity index (χ0v) is 14.6. The van der Waals surface area contributed by atoms with Gasteiger partial charge in [0.05, 0.1) is 13.2 Å². The standard InChI is InChI=1S/C15H24N4O8/c16-8(7-20)13(24)17-6-11(21)19-5-1-2-10(19)14(25)18-9(15(26)27)3-4-12(22)23/h8-10,20H,1-7,16H2,(H,17,24)(H,18,25)(H,22,23)(H,26,27). The molecule has 0 aromatic heterocycles. The third-order valence-corrected chi connectivity index (χ3v) is 4.08. The number of likely N-dealkylation sites (tertiary alicyclic amines) is 1. The molecule has 3 unspecified atom stereocenters. The molecular weight excluding hydrogens is 364 g/mol. The molecule has 3 atom stereocenters. The van der Waals surface area contributed by atoms with Crippen LogP contribution in [0.1, 0.15) is 25.7 Å². The lowest BCUT2D eigenvalue weighted by atomic mass is 10.1. The van der Waals surface area contributed by atoms with Gasteiger partial charge >= 0.3 is 11.9 Å². The van der Waals surface area contributed by atoms with Crippen LogP contribution in [0, 0.1) is 0 Å². The second-order valence-electron chi connectivity index (χ2n) is 6.08. The zero-order chi connectivity index (χ0) is 20.6. The number of aliphatic hydroxyl groups excluding tert-OH is 1. The highest BCUT2D eigenvalue weighted by Crippen LogP contribution is 2.18. The molecule has 0 aromatic rings. The van der Waals surface area contributed by atoms with E-state index in [9.17, 15) is 24.0 Å². The number of nitrogens with one attached hydrogen (secondary N) is 2. The molecule has 12 heteroatoms. The number of hydrogen-bond acceptors (Lipinski definition) is 7. The lowest BCUT2D eigenvalue weighted by Crippen LogP contribution is -2.53. The van der Waals surface area contributed by atoms with E-state index in [1.165, 1.54) is 4.90 Å². The van der Waals surface area contributed by atoms with Crippen molar-refractivity contribution in [2.45, 2.75) is 43.8 Å². The first kappa shape index (κ1) is 22.3. The number of hydrogen-bond donors (Lipinski definition) is 6. The molecule has 3 amide bonds. The molecular formula is C15H24N4O8. The van der Waals surface area contributed by atoms with E-state index in [0.29, 0.717) is 12.8 Å². The van der Waals surface area contributed by atoms with Crippen LogP contribution in [0.5, 0.6) is 0 Å². The summed E-state index contributed by atoms with van der Waals surface area (Å²) in [6.45, 7) is -0.745. The fourth-order valence-electron chi connectivity index (χ4n) is 2.61. The number of carboxylic acid groups (broad SMARTS) is 2. The number of carbonyl (C=O) groups excluding carboxylic acids is 3. The first-order valence-corrected chi connectivity index (χ1v) is 8.36. The smallest absolute Gasteiger partial charge is 0.326 e. The van der Waals surface area contributed by atoms with E-state index in [-0.39, 0.29) is 13.0 Å². The molecule has 152 valence electrons. The summed E-state index contributed by atoms with van der Waals surface area (Å²) in [5, 5.41) is 31.0. The molecule has 1 aliphatic heterocycles. The molecule has 0 radical (unpaired) electrons. The van der Waals surface area contributed by atoms with Gasteiger partial charge in [-0.05, 0) is 19.3 Å². The summed E-state index contributed by atoms with van der Waals surface area (Å²) in [6, 6.07) is -3.46. The van der Waals surface area contributed by atoms with E-state index in [4.69, 9.17) is 21.1 Å². The van der Waals surface area contributed by atoms with Gasteiger partial charge in [-0.2, -0.15) is 0 Å². The minimum absolute atomic E-state index is 0.256. The van der Waals surface area contributed by atoms with Crippen molar-refractivity contribution in [3.63, 3.8) is 0 Å². The average Bonchev–Trinajstić information content (AvgIpc) is 3.11. The highest BCUT2D eigenvalue weighted by atomic mass is 16.4. The lowest BCUT2D eigenvalue weighted by molar-refractivity contribution is -0.144. The summed E-state index contributed by atoms with van der Waals surface area (Å²) < 4.78 is 0. The Hall–Kier alpha value is -2.73. The summed E-state index contributed by atoms with van der Waals surface area (Å²) in [6.07, 6.45) is 0.113. The Kier molecular flexibility index (Phi) is 8.62. The van der Waals surface area contributed by atoms with Crippen molar-refractivity contribution in [1.29, 1.82) is 0 Å². The number of amides is 3. The van der Waals surface area contributed by atoms with Gasteiger partial charge in [0.15, 0.2) is 0 Å². The largest absolute Gasteiger partial charge is 0.481 e. The average molecular weight is 388 g/mol.